The van der Waals surface area contributed by atoms with Gasteiger partial charge >= 0.3 is 5.97 Å². The molecule has 1 atom stereocenters. The molecule has 0 bridgehead atoms. The Hall–Kier alpha value is -4.06. The number of esters is 1. The minimum atomic E-state index is -1.09. The van der Waals surface area contributed by atoms with Crippen LogP contribution in [0.25, 0.3) is 10.9 Å². The Morgan fingerprint density at radius 1 is 0.953 bits per heavy atom. The highest BCUT2D eigenvalue weighted by atomic mass is 16.6. The molecule has 43 heavy (non-hydrogen) atoms. The monoisotopic (exact) mass is 582 g/mol. The topological polar surface area (TPSA) is 69.6 Å². The number of ether oxygens (including phenoxy) is 2. The van der Waals surface area contributed by atoms with Gasteiger partial charge in [-0.05, 0) is 92.5 Å². The molecule has 0 spiro atoms. The molecule has 1 aromatic heterocycles. The van der Waals surface area contributed by atoms with Crippen molar-refractivity contribution in [2.24, 2.45) is 5.92 Å². The number of hydrogen-bond acceptors (Lipinski definition) is 4. The van der Waals surface area contributed by atoms with Crippen molar-refractivity contribution in [3.05, 3.63) is 101 Å². The fourth-order valence-electron chi connectivity index (χ4n) is 5.48. The fraction of sp³-hybridized carbons (Fsp3) is 0.405. The Balaban J connectivity index is 1.57. The lowest BCUT2D eigenvalue weighted by Crippen LogP contribution is -2.39. The molecule has 0 radical (unpaired) electrons. The number of rotatable bonds is 13. The van der Waals surface area contributed by atoms with Gasteiger partial charge in [0.25, 0.3) is 5.91 Å². The molecule has 228 valence electrons. The number of unbranched alkanes of at least 4 members (excludes halogenated alkanes) is 1. The molecule has 0 aliphatic carbocycles. The average molecular weight is 583 g/mol. The van der Waals surface area contributed by atoms with Crippen LogP contribution in [-0.4, -0.2) is 29.2 Å². The van der Waals surface area contributed by atoms with E-state index < -0.39 is 11.6 Å². The molecule has 0 aliphatic rings. The van der Waals surface area contributed by atoms with Crippen molar-refractivity contribution >= 4 is 22.8 Å². The fourth-order valence-corrected chi connectivity index (χ4v) is 5.48. The van der Waals surface area contributed by atoms with Crippen LogP contribution in [0.4, 0.5) is 0 Å². The summed E-state index contributed by atoms with van der Waals surface area (Å²) in [5.41, 5.74) is 5.27. The summed E-state index contributed by atoms with van der Waals surface area (Å²) in [5.74, 6) is 0.552. The number of amides is 1. The Morgan fingerprint density at radius 2 is 1.70 bits per heavy atom. The summed E-state index contributed by atoms with van der Waals surface area (Å²) in [6.07, 6.45) is 6.27. The summed E-state index contributed by atoms with van der Waals surface area (Å²) in [6, 6.07) is 22.3. The van der Waals surface area contributed by atoms with Gasteiger partial charge < -0.3 is 19.4 Å². The molecular weight excluding hydrogens is 536 g/mol. The number of carbonyl (C=O) groups is 2. The number of aromatic nitrogens is 1. The Kier molecular flexibility index (Phi) is 10.3. The van der Waals surface area contributed by atoms with Crippen LogP contribution in [0.1, 0.15) is 93.0 Å². The number of nitrogens with zero attached hydrogens (tertiary/aromatic N) is 1. The normalized spacial score (nSPS) is 12.4. The van der Waals surface area contributed by atoms with Gasteiger partial charge in [0, 0.05) is 29.2 Å². The number of fused-ring (bicyclic) bond motifs is 1. The van der Waals surface area contributed by atoms with Crippen LogP contribution in [0.5, 0.6) is 5.75 Å². The van der Waals surface area contributed by atoms with Gasteiger partial charge in [-0.15, -0.1) is 0 Å². The van der Waals surface area contributed by atoms with Gasteiger partial charge in [-0.3, -0.25) is 4.79 Å². The van der Waals surface area contributed by atoms with Crippen molar-refractivity contribution in [1.29, 1.82) is 0 Å². The molecule has 0 unspecified atom stereocenters. The first kappa shape index (κ1) is 31.9. The molecule has 1 N–H and O–H groups in total. The SMILES string of the molecule is CCCCc1cccc([C@H](C)NC(=O)c2ccc3c(Cc4cccc(OC(C)(C)C(=O)OC)c4)cn(CC(C)C)c3c2)c1. The first-order chi connectivity index (χ1) is 20.5. The molecule has 0 saturated heterocycles. The van der Waals surface area contributed by atoms with Crippen LogP contribution >= 0.6 is 0 Å². The molecule has 0 aliphatic heterocycles. The highest BCUT2D eigenvalue weighted by Crippen LogP contribution is 2.28. The van der Waals surface area contributed by atoms with E-state index in [0.29, 0.717) is 23.7 Å². The van der Waals surface area contributed by atoms with E-state index in [1.807, 2.05) is 37.3 Å². The molecular formula is C37H46N2O4. The number of aryl methyl sites for hydroxylation is 1. The lowest BCUT2D eigenvalue weighted by atomic mass is 10.0. The maximum Gasteiger partial charge on any atom is 0.349 e. The summed E-state index contributed by atoms with van der Waals surface area (Å²) in [4.78, 5) is 25.5. The second-order valence-corrected chi connectivity index (χ2v) is 12.4. The summed E-state index contributed by atoms with van der Waals surface area (Å²) in [6.45, 7) is 12.9. The number of nitrogens with one attached hydrogen (secondary N) is 1. The summed E-state index contributed by atoms with van der Waals surface area (Å²) >= 11 is 0. The predicted octanol–water partition coefficient (Wildman–Crippen LogP) is 8.05. The Morgan fingerprint density at radius 3 is 2.42 bits per heavy atom. The van der Waals surface area contributed by atoms with Crippen LogP contribution < -0.4 is 10.1 Å². The molecule has 0 saturated carbocycles. The molecule has 1 amide bonds. The van der Waals surface area contributed by atoms with Gasteiger partial charge in [0.1, 0.15) is 5.75 Å². The number of benzene rings is 3. The van der Waals surface area contributed by atoms with E-state index in [1.165, 1.54) is 18.2 Å². The summed E-state index contributed by atoms with van der Waals surface area (Å²) in [7, 11) is 1.36. The van der Waals surface area contributed by atoms with Crippen LogP contribution in [0.2, 0.25) is 0 Å². The van der Waals surface area contributed by atoms with Crippen molar-refractivity contribution in [3.8, 4) is 5.75 Å². The van der Waals surface area contributed by atoms with Crippen LogP contribution in [-0.2, 0) is 28.9 Å². The number of hydrogen-bond donors (Lipinski definition) is 1. The molecule has 3 aromatic carbocycles. The van der Waals surface area contributed by atoms with Crippen molar-refractivity contribution in [2.45, 2.75) is 85.4 Å². The van der Waals surface area contributed by atoms with Crippen molar-refractivity contribution in [2.75, 3.05) is 7.11 Å². The largest absolute Gasteiger partial charge is 0.476 e. The summed E-state index contributed by atoms with van der Waals surface area (Å²) in [5, 5.41) is 4.33. The Bertz CT molecular complexity index is 1570. The van der Waals surface area contributed by atoms with E-state index in [-0.39, 0.29) is 11.9 Å². The molecule has 6 nitrogen and oxygen atoms in total. The Labute approximate surface area is 256 Å². The lowest BCUT2D eigenvalue weighted by molar-refractivity contribution is -0.156. The third-order valence-corrected chi connectivity index (χ3v) is 7.75. The second kappa shape index (κ2) is 13.9. The van der Waals surface area contributed by atoms with Gasteiger partial charge in [0.05, 0.1) is 13.2 Å². The number of carbonyl (C=O) groups excluding carboxylic acids is 2. The minimum absolute atomic E-state index is 0.0784. The van der Waals surface area contributed by atoms with Crippen molar-refractivity contribution in [1.82, 2.24) is 9.88 Å². The first-order valence-corrected chi connectivity index (χ1v) is 15.4. The van der Waals surface area contributed by atoms with Crippen LogP contribution in [0, 0.1) is 5.92 Å². The standard InChI is InChI=1S/C37H46N2O4/c1-8-9-12-27-13-10-15-29(19-27)26(4)38-35(40)30-17-18-33-31(24-39(23-25(2)3)34(33)22-30)20-28-14-11-16-32(21-28)43-37(5,6)36(41)42-7/h10-11,13-19,21-22,24-26H,8-9,12,20,23H2,1-7H3,(H,38,40)/t26-/m0/s1. The van der Waals surface area contributed by atoms with Gasteiger partial charge in [0.15, 0.2) is 5.60 Å². The predicted molar refractivity (Wildman–Crippen MR) is 174 cm³/mol. The van der Waals surface area contributed by atoms with Crippen molar-refractivity contribution < 1.29 is 19.1 Å². The zero-order valence-corrected chi connectivity index (χ0v) is 26.7. The smallest absolute Gasteiger partial charge is 0.349 e. The maximum atomic E-state index is 13.4. The number of methoxy groups -OCH3 is 1. The highest BCUT2D eigenvalue weighted by molar-refractivity contribution is 5.99. The molecule has 1 heterocycles. The molecule has 4 rings (SSSR count). The zero-order chi connectivity index (χ0) is 31.1. The molecule has 4 aromatic rings. The first-order valence-electron chi connectivity index (χ1n) is 15.4. The average Bonchev–Trinajstić information content (AvgIpc) is 3.30. The molecule has 6 heteroatoms. The van der Waals surface area contributed by atoms with Gasteiger partial charge in [0.2, 0.25) is 0 Å². The third-order valence-electron chi connectivity index (χ3n) is 7.75. The van der Waals surface area contributed by atoms with Gasteiger partial charge in [-0.2, -0.15) is 0 Å². The van der Waals surface area contributed by atoms with Gasteiger partial charge in [-0.25, -0.2) is 4.79 Å². The van der Waals surface area contributed by atoms with E-state index in [9.17, 15) is 9.59 Å². The van der Waals surface area contributed by atoms with Crippen LogP contribution in [0.3, 0.4) is 0 Å². The quantitative estimate of drug-likeness (QED) is 0.162. The van der Waals surface area contributed by atoms with E-state index in [1.54, 1.807) is 13.8 Å². The van der Waals surface area contributed by atoms with E-state index in [2.05, 4.69) is 73.3 Å². The summed E-state index contributed by atoms with van der Waals surface area (Å²) < 4.78 is 13.1. The van der Waals surface area contributed by atoms with E-state index in [0.717, 1.165) is 47.8 Å². The lowest BCUT2D eigenvalue weighted by Gasteiger charge is -2.23. The maximum absolute atomic E-state index is 13.4. The van der Waals surface area contributed by atoms with Gasteiger partial charge in [-0.1, -0.05) is 69.7 Å². The van der Waals surface area contributed by atoms with E-state index >= 15 is 0 Å². The van der Waals surface area contributed by atoms with Crippen LogP contribution in [0.15, 0.2) is 72.9 Å². The van der Waals surface area contributed by atoms with Crippen molar-refractivity contribution in [3.63, 3.8) is 0 Å². The minimum Gasteiger partial charge on any atom is -0.476 e. The molecule has 0 fully saturated rings. The van der Waals surface area contributed by atoms with E-state index in [4.69, 9.17) is 9.47 Å². The third kappa shape index (κ3) is 8.07. The zero-order valence-electron chi connectivity index (χ0n) is 26.7. The second-order valence-electron chi connectivity index (χ2n) is 12.4. The highest BCUT2D eigenvalue weighted by Gasteiger charge is 2.31.